The van der Waals surface area contributed by atoms with Crippen LogP contribution in [0.5, 0.6) is 5.75 Å². The summed E-state index contributed by atoms with van der Waals surface area (Å²) in [7, 11) is 1.51. The highest BCUT2D eigenvalue weighted by atomic mass is 35.5. The normalized spacial score (nSPS) is 11.5. The molecule has 0 aliphatic rings. The van der Waals surface area contributed by atoms with Crippen molar-refractivity contribution in [2.24, 2.45) is 11.0 Å². The summed E-state index contributed by atoms with van der Waals surface area (Å²) in [6, 6.07) is 14.7. The zero-order valence-corrected chi connectivity index (χ0v) is 14.8. The van der Waals surface area contributed by atoms with E-state index >= 15 is 0 Å². The van der Waals surface area contributed by atoms with Crippen molar-refractivity contribution in [2.75, 3.05) is 7.11 Å². The zero-order chi connectivity index (χ0) is 17.5. The van der Waals surface area contributed by atoms with Gasteiger partial charge in [0.05, 0.1) is 18.4 Å². The molecule has 0 aromatic heterocycles. The number of hydrogen-bond donors (Lipinski definition) is 1. The maximum atomic E-state index is 12.4. The Bertz CT molecular complexity index is 727. The summed E-state index contributed by atoms with van der Waals surface area (Å²) in [4.78, 5) is 12.4. The molecule has 5 heteroatoms. The minimum atomic E-state index is -0.355. The summed E-state index contributed by atoms with van der Waals surface area (Å²) in [5, 5.41) is 4.80. The van der Waals surface area contributed by atoms with Crippen molar-refractivity contribution in [1.29, 1.82) is 0 Å². The first kappa shape index (κ1) is 18.0. The number of ether oxygens (including phenoxy) is 1. The number of rotatable bonds is 6. The molecule has 2 rings (SSSR count). The molecule has 2 aromatic carbocycles. The van der Waals surface area contributed by atoms with Gasteiger partial charge in [0.2, 0.25) is 0 Å². The fourth-order valence-corrected chi connectivity index (χ4v) is 2.45. The van der Waals surface area contributed by atoms with Gasteiger partial charge in [0, 0.05) is 5.02 Å². The van der Waals surface area contributed by atoms with Crippen molar-refractivity contribution in [3.63, 3.8) is 0 Å². The molecule has 0 atom stereocenters. The first-order valence-electron chi connectivity index (χ1n) is 7.77. The Hall–Kier alpha value is -2.33. The van der Waals surface area contributed by atoms with Crippen LogP contribution in [0.25, 0.3) is 0 Å². The van der Waals surface area contributed by atoms with Gasteiger partial charge in [-0.15, -0.1) is 0 Å². The monoisotopic (exact) mass is 344 g/mol. The highest BCUT2D eigenvalue weighted by Gasteiger charge is 2.13. The lowest BCUT2D eigenvalue weighted by Gasteiger charge is -2.11. The van der Waals surface area contributed by atoms with Gasteiger partial charge in [0.1, 0.15) is 5.75 Å². The van der Waals surface area contributed by atoms with E-state index in [4.69, 9.17) is 16.3 Å². The second-order valence-corrected chi connectivity index (χ2v) is 6.24. The van der Waals surface area contributed by atoms with Crippen LogP contribution in [0.3, 0.4) is 0 Å². The summed E-state index contributed by atoms with van der Waals surface area (Å²) in [5.41, 5.74) is 4.79. The Labute approximate surface area is 147 Å². The lowest BCUT2D eigenvalue weighted by molar-refractivity contribution is 0.0951. The molecule has 4 nitrogen and oxygen atoms in total. The summed E-state index contributed by atoms with van der Waals surface area (Å²) >= 11 is 5.97. The molecule has 126 valence electrons. The van der Waals surface area contributed by atoms with Crippen molar-refractivity contribution in [1.82, 2.24) is 5.43 Å². The summed E-state index contributed by atoms with van der Waals surface area (Å²) in [6.45, 7) is 4.22. The highest BCUT2D eigenvalue weighted by molar-refractivity contribution is 6.31. The summed E-state index contributed by atoms with van der Waals surface area (Å²) in [6.07, 6.45) is 0.761. The molecular weight excluding hydrogens is 324 g/mol. The van der Waals surface area contributed by atoms with Crippen LogP contribution in [-0.2, 0) is 0 Å². The van der Waals surface area contributed by atoms with Crippen molar-refractivity contribution >= 4 is 23.2 Å². The number of carbonyl (C=O) groups is 1. The largest absolute Gasteiger partial charge is 0.496 e. The van der Waals surface area contributed by atoms with E-state index in [0.717, 1.165) is 17.7 Å². The van der Waals surface area contributed by atoms with Crippen LogP contribution < -0.4 is 10.2 Å². The second kappa shape index (κ2) is 8.50. The molecule has 0 unspecified atom stereocenters. The Morgan fingerprint density at radius 2 is 1.92 bits per heavy atom. The van der Waals surface area contributed by atoms with Gasteiger partial charge in [-0.3, -0.25) is 4.79 Å². The van der Waals surface area contributed by atoms with Crippen LogP contribution in [0.2, 0.25) is 5.02 Å². The first-order valence-corrected chi connectivity index (χ1v) is 8.15. The topological polar surface area (TPSA) is 50.7 Å². The van der Waals surface area contributed by atoms with Crippen molar-refractivity contribution < 1.29 is 9.53 Å². The molecule has 0 fully saturated rings. The third-order valence-corrected chi connectivity index (χ3v) is 3.64. The van der Waals surface area contributed by atoms with Gasteiger partial charge in [0.25, 0.3) is 5.91 Å². The molecular formula is C19H21ClN2O2. The lowest BCUT2D eigenvalue weighted by Crippen LogP contribution is -2.21. The van der Waals surface area contributed by atoms with Gasteiger partial charge < -0.3 is 4.74 Å². The van der Waals surface area contributed by atoms with E-state index in [0.29, 0.717) is 22.3 Å². The number of halogens is 1. The van der Waals surface area contributed by atoms with E-state index in [9.17, 15) is 4.79 Å². The highest BCUT2D eigenvalue weighted by Crippen LogP contribution is 2.22. The van der Waals surface area contributed by atoms with Crippen LogP contribution in [-0.4, -0.2) is 18.7 Å². The van der Waals surface area contributed by atoms with Gasteiger partial charge in [-0.2, -0.15) is 5.10 Å². The van der Waals surface area contributed by atoms with Gasteiger partial charge in [-0.05, 0) is 36.1 Å². The van der Waals surface area contributed by atoms with Crippen LogP contribution in [0.4, 0.5) is 0 Å². The molecule has 24 heavy (non-hydrogen) atoms. The number of amides is 1. The van der Waals surface area contributed by atoms with E-state index in [1.807, 2.05) is 30.3 Å². The number of benzene rings is 2. The SMILES string of the molecule is COc1ccc(Cl)cc1C(=O)NN=C(CC(C)C)c1ccccc1. The van der Waals surface area contributed by atoms with Crippen LogP contribution in [0.1, 0.15) is 36.2 Å². The van der Waals surface area contributed by atoms with Crippen LogP contribution in [0, 0.1) is 5.92 Å². The van der Waals surface area contributed by atoms with E-state index in [1.54, 1.807) is 18.2 Å². The lowest BCUT2D eigenvalue weighted by atomic mass is 10.0. The molecule has 1 amide bonds. The van der Waals surface area contributed by atoms with Gasteiger partial charge in [-0.1, -0.05) is 55.8 Å². The Morgan fingerprint density at radius 1 is 1.21 bits per heavy atom. The number of hydrogen-bond acceptors (Lipinski definition) is 3. The Kier molecular flexibility index (Phi) is 6.38. The third-order valence-electron chi connectivity index (χ3n) is 3.41. The average molecular weight is 345 g/mol. The third kappa shape index (κ3) is 4.83. The standard InChI is InChI=1S/C19H21ClN2O2/c1-13(2)11-17(14-7-5-4-6-8-14)21-22-19(23)16-12-15(20)9-10-18(16)24-3/h4-10,12-13H,11H2,1-3H3,(H,22,23). The minimum absolute atomic E-state index is 0.353. The van der Waals surface area contributed by atoms with Crippen molar-refractivity contribution in [3.8, 4) is 5.75 Å². The minimum Gasteiger partial charge on any atom is -0.496 e. The Morgan fingerprint density at radius 3 is 2.54 bits per heavy atom. The molecule has 0 spiro atoms. The molecule has 2 aromatic rings. The Balaban J connectivity index is 2.25. The number of methoxy groups -OCH3 is 1. The van der Waals surface area contributed by atoms with E-state index < -0.39 is 0 Å². The predicted molar refractivity (Wildman–Crippen MR) is 97.9 cm³/mol. The molecule has 0 aliphatic heterocycles. The second-order valence-electron chi connectivity index (χ2n) is 5.81. The quantitative estimate of drug-likeness (QED) is 0.618. The number of nitrogens with one attached hydrogen (secondary N) is 1. The molecule has 0 aliphatic carbocycles. The molecule has 0 saturated carbocycles. The fraction of sp³-hybridized carbons (Fsp3) is 0.263. The van der Waals surface area contributed by atoms with E-state index in [2.05, 4.69) is 24.4 Å². The number of nitrogens with zero attached hydrogens (tertiary/aromatic N) is 1. The average Bonchev–Trinajstić information content (AvgIpc) is 2.58. The zero-order valence-electron chi connectivity index (χ0n) is 14.0. The van der Waals surface area contributed by atoms with Gasteiger partial charge >= 0.3 is 0 Å². The van der Waals surface area contributed by atoms with E-state index in [-0.39, 0.29) is 5.91 Å². The molecule has 0 bridgehead atoms. The van der Waals surface area contributed by atoms with Crippen molar-refractivity contribution in [3.05, 3.63) is 64.7 Å². The summed E-state index contributed by atoms with van der Waals surface area (Å²) < 4.78 is 5.21. The summed E-state index contributed by atoms with van der Waals surface area (Å²) in [5.74, 6) is 0.519. The van der Waals surface area contributed by atoms with Gasteiger partial charge in [0.15, 0.2) is 0 Å². The van der Waals surface area contributed by atoms with Crippen LogP contribution >= 0.6 is 11.6 Å². The maximum absolute atomic E-state index is 12.4. The van der Waals surface area contributed by atoms with Gasteiger partial charge in [-0.25, -0.2) is 5.43 Å². The number of hydrazone groups is 1. The molecule has 0 heterocycles. The number of carbonyl (C=O) groups excluding carboxylic acids is 1. The van der Waals surface area contributed by atoms with Crippen LogP contribution in [0.15, 0.2) is 53.6 Å². The smallest absolute Gasteiger partial charge is 0.275 e. The first-order chi connectivity index (χ1) is 11.5. The molecule has 0 saturated heterocycles. The van der Waals surface area contributed by atoms with Crippen molar-refractivity contribution in [2.45, 2.75) is 20.3 Å². The fourth-order valence-electron chi connectivity index (χ4n) is 2.28. The molecule has 1 N–H and O–H groups in total. The molecule has 0 radical (unpaired) electrons. The van der Waals surface area contributed by atoms with E-state index in [1.165, 1.54) is 7.11 Å². The predicted octanol–water partition coefficient (Wildman–Crippen LogP) is 4.53. The maximum Gasteiger partial charge on any atom is 0.275 e.